The van der Waals surface area contributed by atoms with Crippen LogP contribution in [0, 0.1) is 41.9 Å². The summed E-state index contributed by atoms with van der Waals surface area (Å²) in [7, 11) is 0. The van der Waals surface area contributed by atoms with Gasteiger partial charge >= 0.3 is 0 Å². The highest BCUT2D eigenvalue weighted by Gasteiger charge is 2.66. The van der Waals surface area contributed by atoms with Crippen molar-refractivity contribution < 1.29 is 0 Å². The molecule has 0 amide bonds. The van der Waals surface area contributed by atoms with Crippen LogP contribution in [-0.2, 0) is 0 Å². The molecule has 1 nitrogen and oxygen atoms in total. The van der Waals surface area contributed by atoms with Crippen LogP contribution in [0.2, 0.25) is 0 Å². The van der Waals surface area contributed by atoms with Crippen molar-refractivity contribution in [3.63, 3.8) is 0 Å². The molecule has 0 radical (unpaired) electrons. The second-order valence-corrected chi connectivity index (χ2v) is 6.03. The van der Waals surface area contributed by atoms with Gasteiger partial charge in [-0.3, -0.25) is 0 Å². The predicted molar refractivity (Wildman–Crippen MR) is 66.8 cm³/mol. The molecule has 0 aliphatic heterocycles. The molecular weight excluding hydrogens is 194 g/mol. The van der Waals surface area contributed by atoms with Crippen molar-refractivity contribution in [3.05, 3.63) is 0 Å². The summed E-state index contributed by atoms with van der Waals surface area (Å²) in [5.41, 5.74) is 0. The van der Waals surface area contributed by atoms with E-state index in [0.717, 1.165) is 42.6 Å². The lowest BCUT2D eigenvalue weighted by molar-refractivity contribution is 0.367. The third-order valence-electron chi connectivity index (χ3n) is 5.25. The highest BCUT2D eigenvalue weighted by atomic mass is 14.9. The number of nitrogens with one attached hydrogen (secondary N) is 1. The quantitative estimate of drug-likeness (QED) is 0.698. The Kier molecular flexibility index (Phi) is 2.72. The van der Waals surface area contributed by atoms with E-state index in [0.29, 0.717) is 6.04 Å². The minimum absolute atomic E-state index is 0.628. The second-order valence-electron chi connectivity index (χ2n) is 6.03. The highest BCUT2D eigenvalue weighted by Crippen LogP contribution is 2.70. The second kappa shape index (κ2) is 4.08. The first-order valence-electron chi connectivity index (χ1n) is 7.03. The SMILES string of the molecule is C#CCC(NCCC)C1C2C3CCC(C3)C21. The van der Waals surface area contributed by atoms with Gasteiger partial charge in [-0.05, 0) is 61.8 Å². The van der Waals surface area contributed by atoms with Crippen LogP contribution in [0.5, 0.6) is 0 Å². The van der Waals surface area contributed by atoms with Gasteiger partial charge in [0, 0.05) is 12.5 Å². The maximum Gasteiger partial charge on any atom is 0.0243 e. The topological polar surface area (TPSA) is 12.0 Å². The van der Waals surface area contributed by atoms with Crippen LogP contribution in [0.1, 0.15) is 39.0 Å². The Bertz CT molecular complexity index is 287. The molecule has 5 atom stereocenters. The summed E-state index contributed by atoms with van der Waals surface area (Å²) < 4.78 is 0. The van der Waals surface area contributed by atoms with E-state index in [1.165, 1.54) is 19.3 Å². The molecule has 5 unspecified atom stereocenters. The molecule has 0 heterocycles. The van der Waals surface area contributed by atoms with Crippen molar-refractivity contribution in [2.75, 3.05) is 6.54 Å². The van der Waals surface area contributed by atoms with Crippen LogP contribution in [0.15, 0.2) is 0 Å². The van der Waals surface area contributed by atoms with Crippen LogP contribution < -0.4 is 5.32 Å². The van der Waals surface area contributed by atoms with E-state index in [1.807, 2.05) is 0 Å². The van der Waals surface area contributed by atoms with Crippen molar-refractivity contribution >= 4 is 0 Å². The van der Waals surface area contributed by atoms with Crippen LogP contribution in [0.25, 0.3) is 0 Å². The number of fused-ring (bicyclic) bond motifs is 5. The van der Waals surface area contributed by atoms with Gasteiger partial charge in [-0.1, -0.05) is 6.92 Å². The highest BCUT2D eigenvalue weighted by molar-refractivity contribution is 5.16. The number of hydrogen-bond donors (Lipinski definition) is 1. The third-order valence-corrected chi connectivity index (χ3v) is 5.25. The van der Waals surface area contributed by atoms with Crippen molar-refractivity contribution in [1.29, 1.82) is 0 Å². The van der Waals surface area contributed by atoms with Gasteiger partial charge in [0.05, 0.1) is 0 Å². The van der Waals surface area contributed by atoms with Crippen LogP contribution in [0.4, 0.5) is 0 Å². The van der Waals surface area contributed by atoms with E-state index < -0.39 is 0 Å². The largest absolute Gasteiger partial charge is 0.313 e. The van der Waals surface area contributed by atoms with E-state index in [4.69, 9.17) is 6.42 Å². The number of hydrogen-bond acceptors (Lipinski definition) is 1. The van der Waals surface area contributed by atoms with Gasteiger partial charge in [-0.15, -0.1) is 12.3 Å². The molecule has 0 saturated heterocycles. The minimum atomic E-state index is 0.628. The monoisotopic (exact) mass is 217 g/mol. The summed E-state index contributed by atoms with van der Waals surface area (Å²) in [6.07, 6.45) is 12.2. The fourth-order valence-corrected chi connectivity index (χ4v) is 4.73. The molecule has 3 saturated carbocycles. The molecule has 0 spiro atoms. The summed E-state index contributed by atoms with van der Waals surface area (Å²) in [5.74, 6) is 8.07. The van der Waals surface area contributed by atoms with Crippen molar-refractivity contribution in [2.24, 2.45) is 29.6 Å². The lowest BCUT2D eigenvalue weighted by atomic mass is 9.96. The zero-order valence-electron chi connectivity index (χ0n) is 10.3. The van der Waals surface area contributed by atoms with Gasteiger partial charge in [0.1, 0.15) is 0 Å². The summed E-state index contributed by atoms with van der Waals surface area (Å²) in [6.45, 7) is 3.37. The van der Waals surface area contributed by atoms with Gasteiger partial charge in [0.25, 0.3) is 0 Å². The molecule has 2 bridgehead atoms. The van der Waals surface area contributed by atoms with Gasteiger partial charge in [0.2, 0.25) is 0 Å². The fourth-order valence-electron chi connectivity index (χ4n) is 4.73. The molecule has 16 heavy (non-hydrogen) atoms. The predicted octanol–water partition coefficient (Wildman–Crippen LogP) is 2.67. The zero-order chi connectivity index (χ0) is 11.1. The van der Waals surface area contributed by atoms with Gasteiger partial charge in [0.15, 0.2) is 0 Å². The maximum atomic E-state index is 5.51. The molecule has 0 aromatic heterocycles. The van der Waals surface area contributed by atoms with Crippen molar-refractivity contribution in [3.8, 4) is 12.3 Å². The Hall–Kier alpha value is -0.480. The molecule has 0 aromatic carbocycles. The van der Waals surface area contributed by atoms with Crippen LogP contribution in [-0.4, -0.2) is 12.6 Å². The smallest absolute Gasteiger partial charge is 0.0243 e. The Morgan fingerprint density at radius 1 is 1.31 bits per heavy atom. The lowest BCUT2D eigenvalue weighted by Crippen LogP contribution is -2.33. The Balaban J connectivity index is 1.62. The zero-order valence-corrected chi connectivity index (χ0v) is 10.3. The molecule has 3 aliphatic carbocycles. The Morgan fingerprint density at radius 2 is 2.00 bits per heavy atom. The van der Waals surface area contributed by atoms with E-state index >= 15 is 0 Å². The van der Waals surface area contributed by atoms with Crippen molar-refractivity contribution in [1.82, 2.24) is 5.32 Å². The molecule has 1 heteroatoms. The molecule has 3 rings (SSSR count). The standard InChI is InChI=1S/C15H23N/c1-3-5-12(16-8-4-2)15-13-10-6-7-11(9-10)14(13)15/h1,10-16H,4-9H2,2H3. The van der Waals surface area contributed by atoms with E-state index in [-0.39, 0.29) is 0 Å². The third kappa shape index (κ3) is 1.51. The van der Waals surface area contributed by atoms with Crippen LogP contribution >= 0.6 is 0 Å². The number of rotatable bonds is 5. The molecule has 3 aliphatic rings. The Morgan fingerprint density at radius 3 is 2.56 bits per heavy atom. The molecule has 1 N–H and O–H groups in total. The van der Waals surface area contributed by atoms with Gasteiger partial charge in [-0.2, -0.15) is 0 Å². The maximum absolute atomic E-state index is 5.51. The summed E-state index contributed by atoms with van der Waals surface area (Å²) in [6, 6.07) is 0.628. The first kappa shape index (κ1) is 10.7. The Labute approximate surface area is 99.4 Å². The van der Waals surface area contributed by atoms with Gasteiger partial charge in [-0.25, -0.2) is 0 Å². The van der Waals surface area contributed by atoms with E-state index in [1.54, 1.807) is 6.42 Å². The average molecular weight is 217 g/mol. The molecule has 88 valence electrons. The molecule has 3 fully saturated rings. The minimum Gasteiger partial charge on any atom is -0.313 e. The molecule has 0 aromatic rings. The lowest BCUT2D eigenvalue weighted by Gasteiger charge is -2.19. The van der Waals surface area contributed by atoms with Crippen LogP contribution in [0.3, 0.4) is 0 Å². The van der Waals surface area contributed by atoms with Gasteiger partial charge < -0.3 is 5.32 Å². The average Bonchev–Trinajstić information content (AvgIpc) is 2.73. The summed E-state index contributed by atoms with van der Waals surface area (Å²) in [5, 5.41) is 3.69. The summed E-state index contributed by atoms with van der Waals surface area (Å²) in [4.78, 5) is 0. The van der Waals surface area contributed by atoms with E-state index in [9.17, 15) is 0 Å². The fraction of sp³-hybridized carbons (Fsp3) is 0.867. The van der Waals surface area contributed by atoms with E-state index in [2.05, 4.69) is 18.2 Å². The normalized spacial score (nSPS) is 45.1. The van der Waals surface area contributed by atoms with Crippen molar-refractivity contribution in [2.45, 2.75) is 45.1 Å². The number of terminal acetylenes is 1. The summed E-state index contributed by atoms with van der Waals surface area (Å²) >= 11 is 0. The molecular formula is C15H23N. The first-order valence-corrected chi connectivity index (χ1v) is 7.03. The first-order chi connectivity index (χ1) is 7.86.